The molecule has 3 nitrogen and oxygen atoms in total. The Bertz CT molecular complexity index is 370. The maximum atomic E-state index is 12.0. The summed E-state index contributed by atoms with van der Waals surface area (Å²) in [4.78, 5) is 13.9. The predicted molar refractivity (Wildman–Crippen MR) is 70.0 cm³/mol. The molecule has 0 aromatic rings. The molecule has 18 heavy (non-hydrogen) atoms. The van der Waals surface area contributed by atoms with Gasteiger partial charge in [0.25, 0.3) is 0 Å². The van der Waals surface area contributed by atoms with Gasteiger partial charge in [-0.25, -0.2) is 0 Å². The Morgan fingerprint density at radius 3 is 2.72 bits per heavy atom. The Morgan fingerprint density at radius 1 is 1.11 bits per heavy atom. The molecule has 0 aromatic heterocycles. The summed E-state index contributed by atoms with van der Waals surface area (Å²) in [6.07, 6.45) is 8.22. The molecule has 0 aromatic carbocycles. The molecule has 3 saturated carbocycles. The third-order valence-corrected chi connectivity index (χ3v) is 6.27. The zero-order valence-corrected chi connectivity index (χ0v) is 11.3. The van der Waals surface area contributed by atoms with E-state index in [9.17, 15) is 4.79 Å². The minimum absolute atomic E-state index is 0.124. The second-order valence-corrected chi connectivity index (χ2v) is 7.03. The first-order valence-corrected chi connectivity index (χ1v) is 7.75. The molecule has 4 rings (SSSR count). The van der Waals surface area contributed by atoms with E-state index in [-0.39, 0.29) is 6.04 Å². The molecule has 3 aliphatic carbocycles. The van der Waals surface area contributed by atoms with E-state index in [0.29, 0.717) is 11.9 Å². The van der Waals surface area contributed by atoms with Crippen molar-refractivity contribution in [1.29, 1.82) is 0 Å². The van der Waals surface area contributed by atoms with Crippen LogP contribution >= 0.6 is 0 Å². The van der Waals surface area contributed by atoms with Crippen LogP contribution in [-0.4, -0.2) is 36.5 Å². The molecule has 1 heterocycles. The Hall–Kier alpha value is -0.570. The van der Waals surface area contributed by atoms with Gasteiger partial charge in [0.05, 0.1) is 6.04 Å². The molecule has 4 aliphatic rings. The topological polar surface area (TPSA) is 32.3 Å². The molecule has 4 fully saturated rings. The molecule has 6 atom stereocenters. The fourth-order valence-corrected chi connectivity index (χ4v) is 5.50. The summed E-state index contributed by atoms with van der Waals surface area (Å²) in [7, 11) is 1.93. The van der Waals surface area contributed by atoms with Crippen molar-refractivity contribution in [3.8, 4) is 0 Å². The summed E-state index contributed by atoms with van der Waals surface area (Å²) in [5.41, 5.74) is 0. The summed E-state index contributed by atoms with van der Waals surface area (Å²) >= 11 is 0. The average Bonchev–Trinajstić information content (AvgIpc) is 3.06. The highest BCUT2D eigenvalue weighted by atomic mass is 16.2. The molecule has 100 valence electrons. The largest absolute Gasteiger partial charge is 0.344 e. The van der Waals surface area contributed by atoms with Crippen LogP contribution < -0.4 is 5.32 Å². The average molecular weight is 248 g/mol. The van der Waals surface area contributed by atoms with Gasteiger partial charge in [-0.15, -0.1) is 0 Å². The second-order valence-electron chi connectivity index (χ2n) is 7.03. The van der Waals surface area contributed by atoms with E-state index in [1.54, 1.807) is 0 Å². The van der Waals surface area contributed by atoms with E-state index in [4.69, 9.17) is 0 Å². The predicted octanol–water partition coefficient (Wildman–Crippen LogP) is 1.63. The second kappa shape index (κ2) is 3.96. The molecular weight excluding hydrogens is 224 g/mol. The SMILES string of the molecule is CN1CCC(NC2CC3CC2C2CCCC32)C1=O. The van der Waals surface area contributed by atoms with Gasteiger partial charge in [0.1, 0.15) is 0 Å². The van der Waals surface area contributed by atoms with Crippen molar-refractivity contribution >= 4 is 5.91 Å². The summed E-state index contributed by atoms with van der Waals surface area (Å²) in [6.45, 7) is 0.934. The quantitative estimate of drug-likeness (QED) is 0.805. The maximum Gasteiger partial charge on any atom is 0.239 e. The number of amides is 1. The molecule has 6 unspecified atom stereocenters. The van der Waals surface area contributed by atoms with Gasteiger partial charge in [0.15, 0.2) is 0 Å². The van der Waals surface area contributed by atoms with E-state index in [1.807, 2.05) is 11.9 Å². The number of rotatable bonds is 2. The lowest BCUT2D eigenvalue weighted by atomic mass is 9.79. The smallest absolute Gasteiger partial charge is 0.239 e. The van der Waals surface area contributed by atoms with Gasteiger partial charge in [-0.2, -0.15) is 0 Å². The third kappa shape index (κ3) is 1.49. The molecular formula is C15H24N2O. The first-order valence-electron chi connectivity index (χ1n) is 7.75. The fraction of sp³-hybridized carbons (Fsp3) is 0.933. The number of carbonyl (C=O) groups excluding carboxylic acids is 1. The van der Waals surface area contributed by atoms with E-state index in [1.165, 1.54) is 32.1 Å². The number of likely N-dealkylation sites (N-methyl/N-ethyl adjacent to an activating group) is 1. The van der Waals surface area contributed by atoms with Crippen LogP contribution in [0.1, 0.15) is 38.5 Å². The Morgan fingerprint density at radius 2 is 1.94 bits per heavy atom. The van der Waals surface area contributed by atoms with Crippen LogP contribution in [0, 0.1) is 23.7 Å². The van der Waals surface area contributed by atoms with Crippen LogP contribution in [0.3, 0.4) is 0 Å². The van der Waals surface area contributed by atoms with Crippen molar-refractivity contribution in [1.82, 2.24) is 10.2 Å². The first kappa shape index (κ1) is 11.3. The Labute approximate surface area is 109 Å². The van der Waals surface area contributed by atoms with E-state index in [0.717, 1.165) is 36.6 Å². The first-order chi connectivity index (χ1) is 8.74. The lowest BCUT2D eigenvalue weighted by Gasteiger charge is -2.33. The number of fused-ring (bicyclic) bond motifs is 5. The molecule has 0 spiro atoms. The zero-order chi connectivity index (χ0) is 12.3. The molecule has 1 saturated heterocycles. The third-order valence-electron chi connectivity index (χ3n) is 6.27. The van der Waals surface area contributed by atoms with E-state index in [2.05, 4.69) is 5.32 Å². The minimum Gasteiger partial charge on any atom is -0.344 e. The highest BCUT2D eigenvalue weighted by Crippen LogP contribution is 2.58. The van der Waals surface area contributed by atoms with Gasteiger partial charge in [-0.3, -0.25) is 4.79 Å². The number of hydrogen-bond donors (Lipinski definition) is 1. The monoisotopic (exact) mass is 248 g/mol. The van der Waals surface area contributed by atoms with Crippen molar-refractivity contribution in [2.24, 2.45) is 23.7 Å². The summed E-state index contributed by atoms with van der Waals surface area (Å²) < 4.78 is 0. The number of hydrogen-bond acceptors (Lipinski definition) is 2. The van der Waals surface area contributed by atoms with Crippen molar-refractivity contribution in [2.75, 3.05) is 13.6 Å². The lowest BCUT2D eigenvalue weighted by molar-refractivity contribution is -0.128. The Balaban J connectivity index is 1.44. The van der Waals surface area contributed by atoms with Crippen molar-refractivity contribution in [3.63, 3.8) is 0 Å². The standard InChI is InChI=1S/C15H24N2O/c1-17-6-5-13(15(17)18)16-14-8-9-7-12(14)11-4-2-3-10(9)11/h9-14,16H,2-8H2,1H3. The number of carbonyl (C=O) groups is 1. The lowest BCUT2D eigenvalue weighted by Crippen LogP contribution is -2.47. The molecule has 1 amide bonds. The molecule has 1 N–H and O–H groups in total. The summed E-state index contributed by atoms with van der Waals surface area (Å²) in [6, 6.07) is 0.772. The minimum atomic E-state index is 0.124. The van der Waals surface area contributed by atoms with Crippen LogP contribution in [0.4, 0.5) is 0 Å². The molecule has 2 bridgehead atoms. The van der Waals surface area contributed by atoms with Crippen LogP contribution in [0.2, 0.25) is 0 Å². The number of likely N-dealkylation sites (tertiary alicyclic amines) is 1. The number of nitrogens with one attached hydrogen (secondary N) is 1. The van der Waals surface area contributed by atoms with Gasteiger partial charge >= 0.3 is 0 Å². The number of nitrogens with zero attached hydrogens (tertiary/aromatic N) is 1. The molecule has 1 aliphatic heterocycles. The summed E-state index contributed by atoms with van der Waals surface area (Å²) in [5.74, 6) is 4.24. The maximum absolute atomic E-state index is 12.0. The van der Waals surface area contributed by atoms with Crippen LogP contribution in [-0.2, 0) is 4.79 Å². The van der Waals surface area contributed by atoms with Crippen LogP contribution in [0.5, 0.6) is 0 Å². The van der Waals surface area contributed by atoms with Crippen LogP contribution in [0.25, 0.3) is 0 Å². The van der Waals surface area contributed by atoms with Gasteiger partial charge in [0.2, 0.25) is 5.91 Å². The van der Waals surface area contributed by atoms with E-state index >= 15 is 0 Å². The summed E-state index contributed by atoms with van der Waals surface area (Å²) in [5, 5.41) is 3.71. The molecule has 0 radical (unpaired) electrons. The van der Waals surface area contributed by atoms with Gasteiger partial charge in [-0.05, 0) is 55.8 Å². The van der Waals surface area contributed by atoms with Gasteiger partial charge in [-0.1, -0.05) is 6.42 Å². The van der Waals surface area contributed by atoms with Crippen LogP contribution in [0.15, 0.2) is 0 Å². The van der Waals surface area contributed by atoms with Crippen molar-refractivity contribution < 1.29 is 4.79 Å². The zero-order valence-electron chi connectivity index (χ0n) is 11.3. The van der Waals surface area contributed by atoms with Crippen molar-refractivity contribution in [2.45, 2.75) is 50.6 Å². The van der Waals surface area contributed by atoms with Crippen molar-refractivity contribution in [3.05, 3.63) is 0 Å². The Kier molecular flexibility index (Phi) is 2.48. The molecule has 3 heteroatoms. The van der Waals surface area contributed by atoms with Gasteiger partial charge < -0.3 is 10.2 Å². The van der Waals surface area contributed by atoms with Gasteiger partial charge in [0, 0.05) is 19.6 Å². The fourth-order valence-electron chi connectivity index (χ4n) is 5.50. The highest BCUT2D eigenvalue weighted by molar-refractivity contribution is 5.83. The van der Waals surface area contributed by atoms with E-state index < -0.39 is 0 Å². The normalized spacial score (nSPS) is 50.3. The highest BCUT2D eigenvalue weighted by Gasteiger charge is 2.54.